The first-order valence-corrected chi connectivity index (χ1v) is 6.64. The summed E-state index contributed by atoms with van der Waals surface area (Å²) in [5, 5.41) is 10.1. The van der Waals surface area contributed by atoms with Crippen LogP contribution in [0.1, 0.15) is 38.3 Å². The van der Waals surface area contributed by atoms with Crippen molar-refractivity contribution in [3.05, 3.63) is 35.4 Å². The number of hydrogen-bond acceptors (Lipinski definition) is 3. The molecule has 0 aromatic heterocycles. The molecule has 0 heterocycles. The standard InChI is InChI=1S/C15H20F2O3/c1-4-6-11-7-9-12(10-8-11)14(3,19)15(16,17)13(18)20-5-2/h7-10,19H,4-6H2,1-3H3. The van der Waals surface area contributed by atoms with Gasteiger partial charge in [-0.3, -0.25) is 0 Å². The average molecular weight is 286 g/mol. The predicted octanol–water partition coefficient (Wildman–Crippen LogP) is 3.05. The average Bonchev–Trinajstić information content (AvgIpc) is 2.39. The first kappa shape index (κ1) is 16.6. The maximum Gasteiger partial charge on any atom is 0.380 e. The van der Waals surface area contributed by atoms with Crippen molar-refractivity contribution in [2.24, 2.45) is 0 Å². The summed E-state index contributed by atoms with van der Waals surface area (Å²) in [7, 11) is 0. The second kappa shape index (κ2) is 6.31. The number of aryl methyl sites for hydroxylation is 1. The first-order valence-electron chi connectivity index (χ1n) is 6.64. The van der Waals surface area contributed by atoms with Crippen LogP contribution in [0.25, 0.3) is 0 Å². The molecule has 1 atom stereocenters. The molecule has 0 saturated heterocycles. The van der Waals surface area contributed by atoms with Gasteiger partial charge in [0.2, 0.25) is 0 Å². The Bertz CT molecular complexity index is 453. The van der Waals surface area contributed by atoms with Gasteiger partial charge in [0.05, 0.1) is 6.61 Å². The Hall–Kier alpha value is -1.49. The second-order valence-electron chi connectivity index (χ2n) is 4.81. The largest absolute Gasteiger partial charge is 0.461 e. The lowest BCUT2D eigenvalue weighted by Crippen LogP contribution is -2.49. The van der Waals surface area contributed by atoms with Crippen LogP contribution in [0.4, 0.5) is 8.78 Å². The Morgan fingerprint density at radius 2 is 1.80 bits per heavy atom. The lowest BCUT2D eigenvalue weighted by atomic mass is 9.88. The van der Waals surface area contributed by atoms with Crippen molar-refractivity contribution in [1.82, 2.24) is 0 Å². The molecular formula is C15H20F2O3. The maximum atomic E-state index is 14.0. The first-order chi connectivity index (χ1) is 9.27. The highest BCUT2D eigenvalue weighted by Gasteiger charge is 2.57. The number of benzene rings is 1. The fourth-order valence-electron chi connectivity index (χ4n) is 1.89. The summed E-state index contributed by atoms with van der Waals surface area (Å²) < 4.78 is 32.3. The molecule has 112 valence electrons. The van der Waals surface area contributed by atoms with Gasteiger partial charge in [0.25, 0.3) is 0 Å². The van der Waals surface area contributed by atoms with Crippen LogP contribution in [-0.4, -0.2) is 23.6 Å². The third-order valence-corrected chi connectivity index (χ3v) is 3.20. The zero-order valence-corrected chi connectivity index (χ0v) is 12.0. The van der Waals surface area contributed by atoms with Gasteiger partial charge < -0.3 is 9.84 Å². The SMILES string of the molecule is CCCc1ccc(C(C)(O)C(F)(F)C(=O)OCC)cc1. The molecule has 0 aliphatic rings. The number of rotatable bonds is 6. The van der Waals surface area contributed by atoms with E-state index >= 15 is 0 Å². The smallest absolute Gasteiger partial charge is 0.380 e. The van der Waals surface area contributed by atoms with E-state index in [2.05, 4.69) is 4.74 Å². The van der Waals surface area contributed by atoms with E-state index < -0.39 is 17.5 Å². The van der Waals surface area contributed by atoms with Crippen molar-refractivity contribution < 1.29 is 23.4 Å². The topological polar surface area (TPSA) is 46.5 Å². The van der Waals surface area contributed by atoms with Crippen LogP contribution in [-0.2, 0) is 21.6 Å². The van der Waals surface area contributed by atoms with Crippen molar-refractivity contribution in [3.8, 4) is 0 Å². The zero-order valence-electron chi connectivity index (χ0n) is 12.0. The number of halogens is 2. The van der Waals surface area contributed by atoms with Gasteiger partial charge >= 0.3 is 11.9 Å². The van der Waals surface area contributed by atoms with E-state index in [1.54, 1.807) is 12.1 Å². The minimum atomic E-state index is -4.00. The van der Waals surface area contributed by atoms with Gasteiger partial charge in [-0.15, -0.1) is 0 Å². The molecule has 1 aromatic carbocycles. The molecule has 0 amide bonds. The van der Waals surface area contributed by atoms with Crippen molar-refractivity contribution >= 4 is 5.97 Å². The van der Waals surface area contributed by atoms with Crippen molar-refractivity contribution in [1.29, 1.82) is 0 Å². The van der Waals surface area contributed by atoms with Gasteiger partial charge in [-0.1, -0.05) is 37.6 Å². The van der Waals surface area contributed by atoms with Gasteiger partial charge in [0.1, 0.15) is 0 Å². The molecule has 0 spiro atoms. The molecule has 0 aliphatic carbocycles. The van der Waals surface area contributed by atoms with E-state index in [1.807, 2.05) is 6.92 Å². The third-order valence-electron chi connectivity index (χ3n) is 3.20. The lowest BCUT2D eigenvalue weighted by molar-refractivity contribution is -0.212. The van der Waals surface area contributed by atoms with Crippen LogP contribution in [0, 0.1) is 0 Å². The van der Waals surface area contributed by atoms with Crippen molar-refractivity contribution in [2.75, 3.05) is 6.61 Å². The van der Waals surface area contributed by atoms with Crippen LogP contribution in [0.5, 0.6) is 0 Å². The molecule has 0 saturated carbocycles. The summed E-state index contributed by atoms with van der Waals surface area (Å²) in [6.45, 7) is 4.19. The molecule has 20 heavy (non-hydrogen) atoms. The minimum Gasteiger partial charge on any atom is -0.461 e. The fraction of sp³-hybridized carbons (Fsp3) is 0.533. The van der Waals surface area contributed by atoms with Gasteiger partial charge in [-0.05, 0) is 31.4 Å². The molecule has 0 bridgehead atoms. The quantitative estimate of drug-likeness (QED) is 0.818. The van der Waals surface area contributed by atoms with Gasteiger partial charge in [0.15, 0.2) is 5.60 Å². The third kappa shape index (κ3) is 3.15. The van der Waals surface area contributed by atoms with E-state index in [9.17, 15) is 18.7 Å². The molecule has 0 radical (unpaired) electrons. The fourth-order valence-corrected chi connectivity index (χ4v) is 1.89. The second-order valence-corrected chi connectivity index (χ2v) is 4.81. The van der Waals surface area contributed by atoms with Gasteiger partial charge in [0, 0.05) is 0 Å². The minimum absolute atomic E-state index is 0.0181. The summed E-state index contributed by atoms with van der Waals surface area (Å²) >= 11 is 0. The van der Waals surface area contributed by atoms with Gasteiger partial charge in [-0.2, -0.15) is 8.78 Å². The van der Waals surface area contributed by atoms with Crippen LogP contribution in [0.3, 0.4) is 0 Å². The molecule has 3 nitrogen and oxygen atoms in total. The molecule has 1 unspecified atom stereocenters. The highest BCUT2D eigenvalue weighted by Crippen LogP contribution is 2.38. The number of carbonyl (C=O) groups is 1. The van der Waals surface area contributed by atoms with Crippen LogP contribution in [0.15, 0.2) is 24.3 Å². The van der Waals surface area contributed by atoms with Crippen LogP contribution < -0.4 is 0 Å². The molecular weight excluding hydrogens is 266 g/mol. The predicted molar refractivity (Wildman–Crippen MR) is 71.6 cm³/mol. The number of ether oxygens (including phenoxy) is 1. The van der Waals surface area contributed by atoms with Crippen LogP contribution >= 0.6 is 0 Å². The Kier molecular flexibility index (Phi) is 5.22. The Balaban J connectivity index is 3.05. The van der Waals surface area contributed by atoms with Gasteiger partial charge in [-0.25, -0.2) is 4.79 Å². The van der Waals surface area contributed by atoms with E-state index in [1.165, 1.54) is 19.1 Å². The Labute approximate surface area is 117 Å². The van der Waals surface area contributed by atoms with E-state index in [0.29, 0.717) is 0 Å². The Morgan fingerprint density at radius 1 is 1.25 bits per heavy atom. The van der Waals surface area contributed by atoms with E-state index in [4.69, 9.17) is 0 Å². The number of esters is 1. The molecule has 0 aliphatic heterocycles. The van der Waals surface area contributed by atoms with E-state index in [-0.39, 0.29) is 12.2 Å². The zero-order chi connectivity index (χ0) is 15.4. The lowest BCUT2D eigenvalue weighted by Gasteiger charge is -2.31. The molecule has 0 fully saturated rings. The van der Waals surface area contributed by atoms with E-state index in [0.717, 1.165) is 25.3 Å². The highest BCUT2D eigenvalue weighted by atomic mass is 19.3. The molecule has 1 rings (SSSR count). The molecule has 5 heteroatoms. The number of aliphatic hydroxyl groups is 1. The van der Waals surface area contributed by atoms with Crippen molar-refractivity contribution in [2.45, 2.75) is 45.1 Å². The summed E-state index contributed by atoms with van der Waals surface area (Å²) in [5.74, 6) is -5.72. The molecule has 1 aromatic rings. The maximum absolute atomic E-state index is 14.0. The normalized spacial score (nSPS) is 14.7. The highest BCUT2D eigenvalue weighted by molar-refractivity contribution is 5.79. The van der Waals surface area contributed by atoms with Crippen molar-refractivity contribution in [3.63, 3.8) is 0 Å². The summed E-state index contributed by atoms with van der Waals surface area (Å²) in [6.07, 6.45) is 1.77. The number of carbonyl (C=O) groups excluding carboxylic acids is 1. The molecule has 1 N–H and O–H groups in total. The Morgan fingerprint density at radius 3 is 2.25 bits per heavy atom. The number of hydrogen-bond donors (Lipinski definition) is 1. The number of alkyl halides is 2. The summed E-state index contributed by atoms with van der Waals surface area (Å²) in [4.78, 5) is 11.3. The monoisotopic (exact) mass is 286 g/mol. The summed E-state index contributed by atoms with van der Waals surface area (Å²) in [6, 6.07) is 6.18. The van der Waals surface area contributed by atoms with Crippen LogP contribution in [0.2, 0.25) is 0 Å². The summed E-state index contributed by atoms with van der Waals surface area (Å²) in [5.41, 5.74) is -1.63.